The van der Waals surface area contributed by atoms with Gasteiger partial charge in [-0.15, -0.1) is 0 Å². The molecule has 0 spiro atoms. The van der Waals surface area contributed by atoms with Gasteiger partial charge in [-0.1, -0.05) is 78.3 Å². The minimum absolute atomic E-state index is 0.0457. The second-order valence-corrected chi connectivity index (χ2v) is 15.9. The minimum atomic E-state index is 0.0457. The zero-order chi connectivity index (χ0) is 32.5. The largest absolute Gasteiger partial charge is 0.394 e. The van der Waals surface area contributed by atoms with Gasteiger partial charge in [0.05, 0.1) is 16.6 Å². The van der Waals surface area contributed by atoms with Gasteiger partial charge in [0, 0.05) is 28.6 Å². The van der Waals surface area contributed by atoms with E-state index in [0.29, 0.717) is 5.92 Å². The molecule has 2 heteroatoms. The number of hydrogen-bond donors (Lipinski definition) is 1. The molecule has 2 aromatic heterocycles. The molecule has 1 fully saturated rings. The van der Waals surface area contributed by atoms with Crippen LogP contribution < -0.4 is 5.32 Å². The monoisotopic (exact) mass is 606 g/mol. The first-order chi connectivity index (χ1) is 21.9. The molecule has 1 saturated carbocycles. The fourth-order valence-corrected chi connectivity index (χ4v) is 7.64. The summed E-state index contributed by atoms with van der Waals surface area (Å²) in [6, 6.07) is 24.0. The predicted molar refractivity (Wildman–Crippen MR) is 201 cm³/mol. The Labute approximate surface area is 275 Å². The summed E-state index contributed by atoms with van der Waals surface area (Å²) in [6.07, 6.45) is 11.5. The average Bonchev–Trinajstić information content (AvgIpc) is 3.45. The Hall–Kier alpha value is -4.04. The molecule has 46 heavy (non-hydrogen) atoms. The molecular formula is C44H50N2. The number of allylic oxidation sites excluding steroid dienone is 3. The summed E-state index contributed by atoms with van der Waals surface area (Å²) in [5, 5.41) is 8.69. The van der Waals surface area contributed by atoms with E-state index in [1.54, 1.807) is 0 Å². The minimum Gasteiger partial charge on any atom is -0.394 e. The van der Waals surface area contributed by atoms with Gasteiger partial charge in [-0.2, -0.15) is 0 Å². The van der Waals surface area contributed by atoms with Crippen molar-refractivity contribution in [1.82, 2.24) is 9.72 Å². The predicted octanol–water partition coefficient (Wildman–Crippen LogP) is 11.9. The van der Waals surface area contributed by atoms with Gasteiger partial charge in [-0.3, -0.25) is 0 Å². The van der Waals surface area contributed by atoms with Crippen molar-refractivity contribution < 1.29 is 0 Å². The lowest BCUT2D eigenvalue weighted by atomic mass is 9.76. The maximum Gasteiger partial charge on any atom is 0.0620 e. The quantitative estimate of drug-likeness (QED) is 0.187. The van der Waals surface area contributed by atoms with Crippen molar-refractivity contribution in [2.75, 3.05) is 7.05 Å². The van der Waals surface area contributed by atoms with Crippen molar-refractivity contribution >= 4 is 38.1 Å². The lowest BCUT2D eigenvalue weighted by Crippen LogP contribution is -2.10. The molecule has 0 aliphatic heterocycles. The van der Waals surface area contributed by atoms with Crippen molar-refractivity contribution in [3.63, 3.8) is 0 Å². The highest BCUT2D eigenvalue weighted by atomic mass is 14.9. The zero-order valence-electron chi connectivity index (χ0n) is 29.4. The third-order valence-corrected chi connectivity index (χ3v) is 10.7. The third kappa shape index (κ3) is 5.02. The van der Waals surface area contributed by atoms with Gasteiger partial charge >= 0.3 is 0 Å². The van der Waals surface area contributed by atoms with Gasteiger partial charge in [0.1, 0.15) is 0 Å². The second-order valence-electron chi connectivity index (χ2n) is 15.9. The van der Waals surface area contributed by atoms with Crippen LogP contribution in [0.5, 0.6) is 0 Å². The first kappa shape index (κ1) is 30.6. The molecular weight excluding hydrogens is 556 g/mol. The molecule has 0 amide bonds. The van der Waals surface area contributed by atoms with E-state index in [1.807, 2.05) is 13.2 Å². The number of nitrogens with zero attached hydrogens (tertiary/aromatic N) is 1. The Bertz CT molecular complexity index is 2170. The standard InChI is InChI=1S/C44H50N2/c1-27-13-10-11-16-33(27)35-25-37-39-24-32(44(6,7)8)23-38-36-22-30(17-18-31(19-20-45-9)43(3,4)5)28(2)21-40(36)46(42(38)39)41(37)26-34(35)29-14-12-15-29/h10-11,13,16,18-26,29,45H,12,14-15,17H2,1-9H3/b20-19-,31-18+. The topological polar surface area (TPSA) is 16.4 Å². The fourth-order valence-electron chi connectivity index (χ4n) is 7.64. The van der Waals surface area contributed by atoms with Crippen LogP contribution in [0.1, 0.15) is 94.5 Å². The van der Waals surface area contributed by atoms with E-state index in [-0.39, 0.29) is 10.8 Å². The summed E-state index contributed by atoms with van der Waals surface area (Å²) in [6.45, 7) is 18.5. The lowest BCUT2D eigenvalue weighted by Gasteiger charge is -2.29. The van der Waals surface area contributed by atoms with E-state index in [2.05, 4.69) is 138 Å². The third-order valence-electron chi connectivity index (χ3n) is 10.7. The van der Waals surface area contributed by atoms with Crippen molar-refractivity contribution in [1.29, 1.82) is 0 Å². The van der Waals surface area contributed by atoms with Gasteiger partial charge in [-0.05, 0) is 143 Å². The van der Waals surface area contributed by atoms with Crippen LogP contribution in [0.2, 0.25) is 0 Å². The van der Waals surface area contributed by atoms with Crippen LogP contribution in [0.4, 0.5) is 0 Å². The number of rotatable bonds is 6. The van der Waals surface area contributed by atoms with Crippen LogP contribution in [0.15, 0.2) is 84.6 Å². The molecule has 6 aromatic rings. The number of fused-ring (bicyclic) bond motifs is 6. The molecule has 0 bridgehead atoms. The SMILES string of the molecule is CN/C=C\C(=C/Cc1cc2c3cc(C(C)(C)C)cc4c5cc(-c6ccccc6C)c(C6CCC6)cc5n(c2cc1C)c34)C(C)(C)C. The smallest absolute Gasteiger partial charge is 0.0620 e. The number of nitrogens with one attached hydrogen (secondary N) is 1. The molecule has 1 N–H and O–H groups in total. The Morgan fingerprint density at radius 2 is 1.48 bits per heavy atom. The molecule has 2 heterocycles. The number of hydrogen-bond acceptors (Lipinski definition) is 1. The van der Waals surface area contributed by atoms with Crippen LogP contribution in [-0.4, -0.2) is 11.4 Å². The van der Waals surface area contributed by atoms with Gasteiger partial charge in [0.25, 0.3) is 0 Å². The lowest BCUT2D eigenvalue weighted by molar-refractivity contribution is 0.421. The Morgan fingerprint density at radius 3 is 2.09 bits per heavy atom. The van der Waals surface area contributed by atoms with Crippen LogP contribution >= 0.6 is 0 Å². The first-order valence-corrected chi connectivity index (χ1v) is 17.3. The highest BCUT2D eigenvalue weighted by Crippen LogP contribution is 2.48. The number of benzene rings is 4. The fraction of sp³-hybridized carbons (Fsp3) is 0.364. The molecule has 4 aromatic carbocycles. The summed E-state index contributed by atoms with van der Waals surface area (Å²) in [4.78, 5) is 0. The molecule has 1 aliphatic rings. The second kappa shape index (κ2) is 11.0. The summed E-state index contributed by atoms with van der Waals surface area (Å²) in [7, 11) is 1.96. The zero-order valence-corrected chi connectivity index (χ0v) is 29.4. The van der Waals surface area contributed by atoms with Crippen molar-refractivity contribution in [2.24, 2.45) is 5.41 Å². The van der Waals surface area contributed by atoms with Gasteiger partial charge in [-0.25, -0.2) is 0 Å². The summed E-state index contributed by atoms with van der Waals surface area (Å²) >= 11 is 0. The summed E-state index contributed by atoms with van der Waals surface area (Å²) < 4.78 is 2.61. The van der Waals surface area contributed by atoms with Gasteiger partial charge < -0.3 is 9.72 Å². The van der Waals surface area contributed by atoms with Crippen LogP contribution in [-0.2, 0) is 11.8 Å². The van der Waals surface area contributed by atoms with Crippen LogP contribution in [0.25, 0.3) is 49.2 Å². The summed E-state index contributed by atoms with van der Waals surface area (Å²) in [5.74, 6) is 0.639. The normalized spacial score (nSPS) is 15.3. The van der Waals surface area contributed by atoms with Crippen molar-refractivity contribution in [2.45, 2.75) is 92.4 Å². The molecule has 0 unspecified atom stereocenters. The number of aromatic nitrogens is 1. The van der Waals surface area contributed by atoms with Crippen molar-refractivity contribution in [3.05, 3.63) is 112 Å². The van der Waals surface area contributed by atoms with Gasteiger partial charge in [0.15, 0.2) is 0 Å². The Balaban J connectivity index is 1.53. The maximum atomic E-state index is 3.17. The molecule has 0 atom stereocenters. The highest BCUT2D eigenvalue weighted by Gasteiger charge is 2.28. The number of aryl methyl sites for hydroxylation is 2. The first-order valence-electron chi connectivity index (χ1n) is 17.3. The Morgan fingerprint density at radius 1 is 0.804 bits per heavy atom. The van der Waals surface area contributed by atoms with E-state index in [0.717, 1.165) is 6.42 Å². The van der Waals surface area contributed by atoms with E-state index in [4.69, 9.17) is 0 Å². The van der Waals surface area contributed by atoms with Crippen LogP contribution in [0, 0.1) is 19.3 Å². The van der Waals surface area contributed by atoms with E-state index < -0.39 is 0 Å². The van der Waals surface area contributed by atoms with Crippen molar-refractivity contribution in [3.8, 4) is 11.1 Å². The van der Waals surface area contributed by atoms with Gasteiger partial charge in [0.2, 0.25) is 0 Å². The molecule has 2 nitrogen and oxygen atoms in total. The van der Waals surface area contributed by atoms with E-state index in [1.165, 1.54) is 102 Å². The molecule has 7 rings (SSSR count). The molecule has 236 valence electrons. The average molecular weight is 607 g/mol. The van der Waals surface area contributed by atoms with E-state index >= 15 is 0 Å². The maximum absolute atomic E-state index is 3.17. The summed E-state index contributed by atoms with van der Waals surface area (Å²) in [5.41, 5.74) is 15.4. The van der Waals surface area contributed by atoms with Crippen LogP contribution in [0.3, 0.4) is 0 Å². The molecule has 0 radical (unpaired) electrons. The molecule has 0 saturated heterocycles. The Kier molecular flexibility index (Phi) is 7.35. The molecule has 1 aliphatic carbocycles. The highest BCUT2D eigenvalue weighted by molar-refractivity contribution is 6.24. The van der Waals surface area contributed by atoms with E-state index in [9.17, 15) is 0 Å².